The van der Waals surface area contributed by atoms with Crippen molar-refractivity contribution in [1.82, 2.24) is 25.1 Å². The van der Waals surface area contributed by atoms with Crippen molar-refractivity contribution in [3.63, 3.8) is 0 Å². The van der Waals surface area contributed by atoms with Crippen LogP contribution in [0.5, 0.6) is 17.4 Å². The van der Waals surface area contributed by atoms with Crippen LogP contribution in [0.15, 0.2) is 72.8 Å². The third-order valence-corrected chi connectivity index (χ3v) is 10.9. The van der Waals surface area contributed by atoms with Gasteiger partial charge in [-0.2, -0.15) is 4.98 Å². The fourth-order valence-corrected chi connectivity index (χ4v) is 7.72. The first kappa shape index (κ1) is 38.6. The molecule has 0 spiro atoms. The van der Waals surface area contributed by atoms with Gasteiger partial charge in [-0.1, -0.05) is 30.7 Å². The molecule has 4 aromatic rings. The molecular weight excluding hydrogens is 717 g/mol. The summed E-state index contributed by atoms with van der Waals surface area (Å²) in [7, 11) is 3.19. The number of fused-ring (bicyclic) bond motifs is 3. The number of carbonyl (C=O) groups is 3. The normalized spacial score (nSPS) is 22.7. The van der Waals surface area contributed by atoms with E-state index >= 15 is 0 Å². The molecule has 294 valence electrons. The van der Waals surface area contributed by atoms with Gasteiger partial charge in [0.1, 0.15) is 35.0 Å². The first-order valence-corrected chi connectivity index (χ1v) is 19.3. The summed E-state index contributed by atoms with van der Waals surface area (Å²) in [5, 5.41) is 3.66. The molecule has 56 heavy (non-hydrogen) atoms. The Bertz CT molecular complexity index is 2110. The topological polar surface area (TPSA) is 132 Å². The number of rotatable bonds is 9. The molecule has 12 nitrogen and oxygen atoms in total. The van der Waals surface area contributed by atoms with Crippen LogP contribution in [0.25, 0.3) is 22.3 Å². The first-order valence-electron chi connectivity index (χ1n) is 19.3. The van der Waals surface area contributed by atoms with Crippen molar-refractivity contribution in [3.05, 3.63) is 89.8 Å². The maximum absolute atomic E-state index is 14.8. The number of halogens is 1. The molecule has 2 aliphatic heterocycles. The molecule has 0 unspecified atom stereocenters. The van der Waals surface area contributed by atoms with E-state index in [-0.39, 0.29) is 43.2 Å². The fraction of sp³-hybridized carbons (Fsp3) is 0.419. The van der Waals surface area contributed by atoms with Crippen LogP contribution < -0.4 is 19.5 Å². The molecule has 2 fully saturated rings. The molecule has 1 saturated heterocycles. The number of aromatic nitrogens is 2. The van der Waals surface area contributed by atoms with E-state index in [4.69, 9.17) is 28.9 Å². The number of hydrogen-bond donors (Lipinski definition) is 1. The molecule has 7 rings (SSSR count). The van der Waals surface area contributed by atoms with Crippen LogP contribution in [0, 0.1) is 18.7 Å². The smallest absolute Gasteiger partial charge is 0.332 e. The minimum absolute atomic E-state index is 0.0816. The van der Waals surface area contributed by atoms with Gasteiger partial charge in [0, 0.05) is 36.6 Å². The van der Waals surface area contributed by atoms with Gasteiger partial charge in [0.05, 0.1) is 38.3 Å². The van der Waals surface area contributed by atoms with Crippen molar-refractivity contribution in [1.29, 1.82) is 0 Å². The van der Waals surface area contributed by atoms with E-state index in [1.54, 1.807) is 43.1 Å². The largest absolute Gasteiger partial charge is 0.497 e. The minimum Gasteiger partial charge on any atom is -0.497 e. The lowest BCUT2D eigenvalue weighted by molar-refractivity contribution is -0.149. The molecule has 0 radical (unpaired) electrons. The van der Waals surface area contributed by atoms with E-state index in [2.05, 4.69) is 11.4 Å². The summed E-state index contributed by atoms with van der Waals surface area (Å²) in [6.45, 7) is 4.70. The Morgan fingerprint density at radius 1 is 0.982 bits per heavy atom. The van der Waals surface area contributed by atoms with E-state index in [0.717, 1.165) is 36.8 Å². The zero-order valence-corrected chi connectivity index (χ0v) is 32.3. The number of nitrogens with one attached hydrogen (secondary N) is 1. The van der Waals surface area contributed by atoms with Crippen molar-refractivity contribution in [3.8, 4) is 28.8 Å². The molecular formula is C43H48FN5O7. The Morgan fingerprint density at radius 3 is 2.50 bits per heavy atom. The number of methoxy groups -OCH3 is 2. The number of benzene rings is 3. The molecule has 13 heteroatoms. The number of aryl methyl sites for hydroxylation is 1. The van der Waals surface area contributed by atoms with Gasteiger partial charge < -0.3 is 34.1 Å². The second-order valence-electron chi connectivity index (χ2n) is 14.6. The predicted molar refractivity (Wildman–Crippen MR) is 208 cm³/mol. The Morgan fingerprint density at radius 2 is 1.77 bits per heavy atom. The maximum atomic E-state index is 14.8. The van der Waals surface area contributed by atoms with Crippen LogP contribution in [0.4, 0.5) is 9.18 Å². The summed E-state index contributed by atoms with van der Waals surface area (Å²) in [5.74, 6) is 0.381. The van der Waals surface area contributed by atoms with Crippen LogP contribution in [-0.2, 0) is 20.9 Å². The summed E-state index contributed by atoms with van der Waals surface area (Å²) < 4.78 is 37.0. The average molecular weight is 766 g/mol. The van der Waals surface area contributed by atoms with Crippen molar-refractivity contribution >= 4 is 28.8 Å². The van der Waals surface area contributed by atoms with Crippen molar-refractivity contribution in [2.24, 2.45) is 5.92 Å². The molecule has 3 aromatic carbocycles. The first-order chi connectivity index (χ1) is 27.1. The highest BCUT2D eigenvalue weighted by Crippen LogP contribution is 2.46. The van der Waals surface area contributed by atoms with Gasteiger partial charge in [-0.25, -0.2) is 19.0 Å². The fourth-order valence-electron chi connectivity index (χ4n) is 7.72. The Kier molecular flexibility index (Phi) is 11.4. The molecule has 1 aliphatic carbocycles. The predicted octanol–water partition coefficient (Wildman–Crippen LogP) is 6.77. The number of esters is 1. The summed E-state index contributed by atoms with van der Waals surface area (Å²) in [6.07, 6.45) is 7.41. The molecule has 4 atom stereocenters. The number of ether oxygens (including phenoxy) is 4. The summed E-state index contributed by atoms with van der Waals surface area (Å²) in [6, 6.07) is 15.8. The zero-order chi connectivity index (χ0) is 39.4. The van der Waals surface area contributed by atoms with Gasteiger partial charge >= 0.3 is 12.0 Å². The average Bonchev–Trinajstić information content (AvgIpc) is 3.74. The number of amides is 3. The van der Waals surface area contributed by atoms with E-state index in [1.165, 1.54) is 12.1 Å². The van der Waals surface area contributed by atoms with Crippen LogP contribution in [0.3, 0.4) is 0 Å². The van der Waals surface area contributed by atoms with Crippen molar-refractivity contribution in [2.45, 2.75) is 76.6 Å². The SMILES string of the molecule is CCOC(=O)[C@@]12C[C@H]1C=CCCCCCN(Cc1ccc(OC)cc1)C(=O)N1C[C@H](Oc3nc(-c4ccc(F)cc4)nc4c(C)c(OC)ccc34)C[C@H]1C(=O)N2. The molecule has 3 aliphatic rings. The summed E-state index contributed by atoms with van der Waals surface area (Å²) in [4.78, 5) is 55.6. The van der Waals surface area contributed by atoms with Gasteiger partial charge in [0.25, 0.3) is 0 Å². The highest BCUT2D eigenvalue weighted by atomic mass is 19.1. The van der Waals surface area contributed by atoms with Gasteiger partial charge in [0.15, 0.2) is 5.82 Å². The maximum Gasteiger partial charge on any atom is 0.332 e. The summed E-state index contributed by atoms with van der Waals surface area (Å²) >= 11 is 0. The van der Waals surface area contributed by atoms with E-state index in [9.17, 15) is 18.8 Å². The number of urea groups is 1. The Balaban J connectivity index is 1.25. The summed E-state index contributed by atoms with van der Waals surface area (Å²) in [5.41, 5.74) is 1.65. The van der Waals surface area contributed by atoms with E-state index in [0.29, 0.717) is 53.3 Å². The van der Waals surface area contributed by atoms with Crippen LogP contribution >= 0.6 is 0 Å². The monoisotopic (exact) mass is 765 g/mol. The van der Waals surface area contributed by atoms with Gasteiger partial charge in [-0.05, 0) is 93.6 Å². The lowest BCUT2D eigenvalue weighted by Crippen LogP contribution is -2.55. The van der Waals surface area contributed by atoms with E-state index < -0.39 is 29.6 Å². The van der Waals surface area contributed by atoms with Gasteiger partial charge in [0.2, 0.25) is 11.8 Å². The molecule has 1 N–H and O–H groups in total. The van der Waals surface area contributed by atoms with Crippen LogP contribution in [0.1, 0.15) is 56.6 Å². The number of hydrogen-bond acceptors (Lipinski definition) is 9. The molecule has 3 heterocycles. The van der Waals surface area contributed by atoms with Crippen LogP contribution in [-0.4, -0.2) is 89.3 Å². The van der Waals surface area contributed by atoms with E-state index in [1.807, 2.05) is 49.4 Å². The van der Waals surface area contributed by atoms with Crippen LogP contribution in [0.2, 0.25) is 0 Å². The van der Waals surface area contributed by atoms with Crippen molar-refractivity contribution < 1.29 is 37.7 Å². The zero-order valence-electron chi connectivity index (χ0n) is 32.3. The lowest BCUT2D eigenvalue weighted by Gasteiger charge is -2.32. The number of nitrogens with zero attached hydrogens (tertiary/aromatic N) is 4. The van der Waals surface area contributed by atoms with Gasteiger partial charge in [-0.15, -0.1) is 0 Å². The van der Waals surface area contributed by atoms with Crippen molar-refractivity contribution in [2.75, 3.05) is 33.9 Å². The lowest BCUT2D eigenvalue weighted by atomic mass is 10.1. The second kappa shape index (κ2) is 16.6. The number of allylic oxidation sites excluding steroid dienone is 1. The highest BCUT2D eigenvalue weighted by Gasteiger charge is 2.62. The third-order valence-electron chi connectivity index (χ3n) is 10.9. The molecule has 1 aromatic heterocycles. The third kappa shape index (κ3) is 7.98. The quantitative estimate of drug-likeness (QED) is 0.145. The Labute approximate surface area is 326 Å². The molecule has 3 amide bonds. The second-order valence-corrected chi connectivity index (χ2v) is 14.6. The van der Waals surface area contributed by atoms with Gasteiger partial charge in [-0.3, -0.25) is 4.79 Å². The number of carbonyl (C=O) groups excluding carboxylic acids is 3. The Hall–Kier alpha value is -5.72. The minimum atomic E-state index is -1.20. The molecule has 1 saturated carbocycles. The standard InChI is InChI=1S/C43H48FN5O7/c1-5-55-41(51)43-24-30(43)11-9-7-6-8-10-22-48(25-28-12-18-32(53-3)19-13-28)42(52)49-26-33(23-35(49)39(50)47-43)56-40-34-20-21-36(54-4)27(2)37(34)45-38(46-40)29-14-16-31(44)17-15-29/h9,11-21,30,33,35H,5-8,10,22-26H2,1-4H3,(H,47,50)/t30-,33-,35+,43-/m1/s1. The molecule has 0 bridgehead atoms. The highest BCUT2D eigenvalue weighted by molar-refractivity contribution is 5.95.